The maximum Gasteiger partial charge on any atom is 0.320 e. The number of rotatable bonds is 6. The minimum atomic E-state index is -0.309. The lowest BCUT2D eigenvalue weighted by Gasteiger charge is -2.16. The molecule has 0 atom stereocenters. The van der Waals surface area contributed by atoms with Gasteiger partial charge in [-0.15, -0.1) is 0 Å². The molecule has 15 heavy (non-hydrogen) atoms. The largest absolute Gasteiger partial charge is 0.462 e. The van der Waals surface area contributed by atoms with E-state index in [0.29, 0.717) is 6.54 Å². The maximum absolute atomic E-state index is 11.2. The summed E-state index contributed by atoms with van der Waals surface area (Å²) >= 11 is 0. The Morgan fingerprint density at radius 1 is 1.33 bits per heavy atom. The molecule has 1 amide bonds. The number of nitrogens with one attached hydrogen (secondary N) is 1. The van der Waals surface area contributed by atoms with E-state index in [-0.39, 0.29) is 31.1 Å². The number of carbonyl (C=O) groups is 2. The lowest BCUT2D eigenvalue weighted by Crippen LogP contribution is -2.38. The van der Waals surface area contributed by atoms with E-state index in [1.165, 1.54) is 0 Å². The van der Waals surface area contributed by atoms with Crippen LogP contribution in [0.2, 0.25) is 0 Å². The van der Waals surface area contributed by atoms with E-state index in [4.69, 9.17) is 4.74 Å². The summed E-state index contributed by atoms with van der Waals surface area (Å²) in [6.45, 7) is 6.38. The molecule has 0 unspecified atom stereocenters. The highest BCUT2D eigenvalue weighted by Crippen LogP contribution is 1.91. The second-order valence-electron chi connectivity index (χ2n) is 3.66. The molecule has 0 fully saturated rings. The molecular formula is C10H20N2O3. The van der Waals surface area contributed by atoms with Crippen LogP contribution in [0.4, 0.5) is 0 Å². The van der Waals surface area contributed by atoms with Gasteiger partial charge in [0.05, 0.1) is 19.2 Å². The van der Waals surface area contributed by atoms with Gasteiger partial charge < -0.3 is 10.1 Å². The summed E-state index contributed by atoms with van der Waals surface area (Å²) < 4.78 is 4.95. The first-order valence-corrected chi connectivity index (χ1v) is 5.10. The second kappa shape index (κ2) is 7.23. The molecular weight excluding hydrogens is 196 g/mol. The zero-order valence-electron chi connectivity index (χ0n) is 9.87. The van der Waals surface area contributed by atoms with Gasteiger partial charge in [-0.3, -0.25) is 14.5 Å². The zero-order chi connectivity index (χ0) is 11.8. The van der Waals surface area contributed by atoms with Crippen LogP contribution in [0, 0.1) is 0 Å². The highest BCUT2D eigenvalue weighted by molar-refractivity contribution is 5.79. The van der Waals surface area contributed by atoms with Crippen LogP contribution in [0.15, 0.2) is 0 Å². The highest BCUT2D eigenvalue weighted by Gasteiger charge is 2.11. The normalized spacial score (nSPS) is 10.5. The number of hydrogen-bond acceptors (Lipinski definition) is 4. The number of ether oxygens (including phenoxy) is 1. The van der Waals surface area contributed by atoms with Crippen molar-refractivity contribution in [1.29, 1.82) is 0 Å². The van der Waals surface area contributed by atoms with Crippen molar-refractivity contribution in [3.8, 4) is 0 Å². The van der Waals surface area contributed by atoms with Crippen LogP contribution >= 0.6 is 0 Å². The third-order valence-corrected chi connectivity index (χ3v) is 1.55. The molecule has 0 rings (SSSR count). The second-order valence-corrected chi connectivity index (χ2v) is 3.66. The van der Waals surface area contributed by atoms with Crippen molar-refractivity contribution < 1.29 is 14.3 Å². The van der Waals surface area contributed by atoms with Gasteiger partial charge in [0.15, 0.2) is 0 Å². The Morgan fingerprint density at radius 2 is 1.93 bits per heavy atom. The topological polar surface area (TPSA) is 58.6 Å². The molecule has 5 heteroatoms. The van der Waals surface area contributed by atoms with Crippen LogP contribution in [0.1, 0.15) is 20.8 Å². The molecule has 0 aliphatic heterocycles. The third kappa shape index (κ3) is 7.93. The quantitative estimate of drug-likeness (QED) is 0.635. The molecule has 88 valence electrons. The Labute approximate surface area is 90.8 Å². The Bertz CT molecular complexity index is 217. The van der Waals surface area contributed by atoms with Crippen molar-refractivity contribution in [3.63, 3.8) is 0 Å². The van der Waals surface area contributed by atoms with Crippen LogP contribution in [-0.2, 0) is 14.3 Å². The lowest BCUT2D eigenvalue weighted by atomic mass is 10.4. The fourth-order valence-corrected chi connectivity index (χ4v) is 1.07. The molecule has 0 heterocycles. The first kappa shape index (κ1) is 13.9. The fourth-order valence-electron chi connectivity index (χ4n) is 1.07. The minimum Gasteiger partial charge on any atom is -0.462 e. The number of amides is 1. The number of esters is 1. The van der Waals surface area contributed by atoms with E-state index in [0.717, 1.165) is 0 Å². The summed E-state index contributed by atoms with van der Waals surface area (Å²) in [5.41, 5.74) is 0. The van der Waals surface area contributed by atoms with E-state index in [1.54, 1.807) is 25.8 Å². The predicted octanol–water partition coefficient (Wildman–Crippen LogP) is 0.00590. The molecule has 0 aliphatic carbocycles. The van der Waals surface area contributed by atoms with Crippen molar-refractivity contribution in [3.05, 3.63) is 0 Å². The molecule has 0 aromatic heterocycles. The summed E-state index contributed by atoms with van der Waals surface area (Å²) in [7, 11) is 1.71. The van der Waals surface area contributed by atoms with Gasteiger partial charge in [0, 0.05) is 6.54 Å². The van der Waals surface area contributed by atoms with Gasteiger partial charge in [-0.05, 0) is 27.8 Å². The molecule has 0 aromatic rings. The van der Waals surface area contributed by atoms with Gasteiger partial charge in [0.25, 0.3) is 0 Å². The average molecular weight is 216 g/mol. The maximum atomic E-state index is 11.2. The van der Waals surface area contributed by atoms with E-state index in [9.17, 15) is 9.59 Å². The van der Waals surface area contributed by atoms with Gasteiger partial charge >= 0.3 is 5.97 Å². The first-order valence-electron chi connectivity index (χ1n) is 5.10. The molecule has 0 saturated heterocycles. The number of likely N-dealkylation sites (N-methyl/N-ethyl adjacent to an activating group) is 2. The number of nitrogens with zero attached hydrogens (tertiary/aromatic N) is 1. The summed E-state index contributed by atoms with van der Waals surface area (Å²) in [6, 6.07) is 0. The van der Waals surface area contributed by atoms with Crippen molar-refractivity contribution in [2.75, 3.05) is 26.7 Å². The van der Waals surface area contributed by atoms with E-state index in [1.807, 2.05) is 6.92 Å². The summed E-state index contributed by atoms with van der Waals surface area (Å²) in [5, 5.41) is 2.66. The molecule has 0 aliphatic rings. The smallest absolute Gasteiger partial charge is 0.320 e. The molecule has 5 nitrogen and oxygen atoms in total. The van der Waals surface area contributed by atoms with Crippen LogP contribution in [-0.4, -0.2) is 49.6 Å². The average Bonchev–Trinajstić information content (AvgIpc) is 2.00. The monoisotopic (exact) mass is 216 g/mol. The Balaban J connectivity index is 3.77. The van der Waals surface area contributed by atoms with E-state index < -0.39 is 0 Å². The predicted molar refractivity (Wildman–Crippen MR) is 57.4 cm³/mol. The Kier molecular flexibility index (Phi) is 6.70. The molecule has 0 saturated carbocycles. The SMILES string of the molecule is CCNC(=O)CN(C)CC(=O)OC(C)C. The van der Waals surface area contributed by atoms with Gasteiger partial charge in [-0.1, -0.05) is 0 Å². The first-order chi connectivity index (χ1) is 6.95. The Hall–Kier alpha value is -1.10. The standard InChI is InChI=1S/C10H20N2O3/c1-5-11-9(13)6-12(4)7-10(14)15-8(2)3/h8H,5-7H2,1-4H3,(H,11,13). The van der Waals surface area contributed by atoms with Gasteiger partial charge in [-0.25, -0.2) is 0 Å². The van der Waals surface area contributed by atoms with E-state index in [2.05, 4.69) is 5.32 Å². The lowest BCUT2D eigenvalue weighted by molar-refractivity contribution is -0.148. The van der Waals surface area contributed by atoms with Crippen molar-refractivity contribution in [2.45, 2.75) is 26.9 Å². The summed E-state index contributed by atoms with van der Waals surface area (Å²) in [6.07, 6.45) is -0.115. The summed E-state index contributed by atoms with van der Waals surface area (Å²) in [5.74, 6) is -0.394. The van der Waals surface area contributed by atoms with Crippen LogP contribution in [0.3, 0.4) is 0 Å². The molecule has 0 bridgehead atoms. The molecule has 1 N–H and O–H groups in total. The highest BCUT2D eigenvalue weighted by atomic mass is 16.5. The molecule has 0 spiro atoms. The zero-order valence-corrected chi connectivity index (χ0v) is 9.87. The van der Waals surface area contributed by atoms with Crippen LogP contribution < -0.4 is 5.32 Å². The minimum absolute atomic E-state index is 0.0858. The fraction of sp³-hybridized carbons (Fsp3) is 0.800. The number of carbonyl (C=O) groups excluding carboxylic acids is 2. The van der Waals surface area contributed by atoms with Crippen molar-refractivity contribution in [1.82, 2.24) is 10.2 Å². The molecule has 0 aromatic carbocycles. The Morgan fingerprint density at radius 3 is 2.40 bits per heavy atom. The van der Waals surface area contributed by atoms with Gasteiger partial charge in [0.2, 0.25) is 5.91 Å². The van der Waals surface area contributed by atoms with Crippen LogP contribution in [0.5, 0.6) is 0 Å². The van der Waals surface area contributed by atoms with Crippen molar-refractivity contribution >= 4 is 11.9 Å². The summed E-state index contributed by atoms with van der Waals surface area (Å²) in [4.78, 5) is 24.0. The van der Waals surface area contributed by atoms with Crippen molar-refractivity contribution in [2.24, 2.45) is 0 Å². The molecule has 0 radical (unpaired) electrons. The van der Waals surface area contributed by atoms with Gasteiger partial charge in [-0.2, -0.15) is 0 Å². The van der Waals surface area contributed by atoms with Gasteiger partial charge in [0.1, 0.15) is 0 Å². The number of hydrogen-bond donors (Lipinski definition) is 1. The third-order valence-electron chi connectivity index (χ3n) is 1.55. The van der Waals surface area contributed by atoms with Crippen LogP contribution in [0.25, 0.3) is 0 Å². The van der Waals surface area contributed by atoms with E-state index >= 15 is 0 Å².